The second-order valence-corrected chi connectivity index (χ2v) is 6.40. The van der Waals surface area contributed by atoms with E-state index >= 15 is 0 Å². The number of halogens is 2. The van der Waals surface area contributed by atoms with E-state index in [1.165, 1.54) is 34.3 Å². The molecule has 1 aliphatic rings. The van der Waals surface area contributed by atoms with Gasteiger partial charge in [0, 0.05) is 34.9 Å². The zero-order valence-corrected chi connectivity index (χ0v) is 14.7. The van der Waals surface area contributed by atoms with Crippen LogP contribution in [0, 0.1) is 0 Å². The van der Waals surface area contributed by atoms with E-state index in [-0.39, 0.29) is 12.4 Å². The molecule has 0 saturated heterocycles. The minimum Gasteiger partial charge on any atom is -0.312 e. The molecule has 23 heavy (non-hydrogen) atoms. The highest BCUT2D eigenvalue weighted by Crippen LogP contribution is 2.36. The van der Waals surface area contributed by atoms with Gasteiger partial charge < -0.3 is 4.57 Å². The topological polar surface area (TPSA) is 8.17 Å². The molecule has 3 aromatic rings. The monoisotopic (exact) mass is 346 g/mol. The predicted molar refractivity (Wildman–Crippen MR) is 99.9 cm³/mol. The Morgan fingerprint density at radius 1 is 1.04 bits per heavy atom. The van der Waals surface area contributed by atoms with Gasteiger partial charge in [-0.2, -0.15) is 0 Å². The summed E-state index contributed by atoms with van der Waals surface area (Å²) in [7, 11) is 0. The highest BCUT2D eigenvalue weighted by Gasteiger charge is 2.26. The highest BCUT2D eigenvalue weighted by molar-refractivity contribution is 6.31. The van der Waals surface area contributed by atoms with Crippen LogP contribution >= 0.6 is 24.0 Å². The fourth-order valence-electron chi connectivity index (χ4n) is 3.56. The van der Waals surface area contributed by atoms with Gasteiger partial charge in [-0.3, -0.25) is 4.90 Å². The van der Waals surface area contributed by atoms with Crippen LogP contribution in [0.5, 0.6) is 0 Å². The maximum absolute atomic E-state index is 6.25. The lowest BCUT2D eigenvalue weighted by atomic mass is 10.1. The van der Waals surface area contributed by atoms with Crippen molar-refractivity contribution in [3.05, 3.63) is 64.8 Å². The van der Waals surface area contributed by atoms with Gasteiger partial charge >= 0.3 is 0 Å². The van der Waals surface area contributed by atoms with Crippen molar-refractivity contribution in [2.75, 3.05) is 6.54 Å². The average Bonchev–Trinajstić information content (AvgIpc) is 3.05. The first-order valence-corrected chi connectivity index (χ1v) is 8.25. The lowest BCUT2D eigenvalue weighted by Crippen LogP contribution is -2.18. The molecule has 2 aromatic carbocycles. The van der Waals surface area contributed by atoms with Gasteiger partial charge in [0.2, 0.25) is 0 Å². The molecule has 4 heteroatoms. The smallest absolute Gasteiger partial charge is 0.0536 e. The van der Waals surface area contributed by atoms with Crippen molar-refractivity contribution < 1.29 is 0 Å². The molecule has 4 rings (SSSR count). The van der Waals surface area contributed by atoms with Gasteiger partial charge in [-0.1, -0.05) is 36.7 Å². The standard InChI is InChI=1S/C19H19ClN2.ClH/c1-2-10-21-12-17-16-11-14(20)8-9-18(16)22(19(17)13-21)15-6-4-3-5-7-15;/h3-9,11H,2,10,12-13H2,1H3;1H. The van der Waals surface area contributed by atoms with Crippen LogP contribution in [0.3, 0.4) is 0 Å². The summed E-state index contributed by atoms with van der Waals surface area (Å²) in [6.45, 7) is 5.43. The van der Waals surface area contributed by atoms with Crippen LogP contribution in [0.4, 0.5) is 0 Å². The van der Waals surface area contributed by atoms with E-state index < -0.39 is 0 Å². The fraction of sp³-hybridized carbons (Fsp3) is 0.263. The third-order valence-corrected chi connectivity index (χ3v) is 4.69. The van der Waals surface area contributed by atoms with E-state index in [0.29, 0.717) is 0 Å². The third-order valence-electron chi connectivity index (χ3n) is 4.45. The Bertz CT molecular complexity index is 824. The molecule has 0 aliphatic carbocycles. The summed E-state index contributed by atoms with van der Waals surface area (Å²) in [4.78, 5) is 2.52. The van der Waals surface area contributed by atoms with Crippen LogP contribution in [0.2, 0.25) is 5.02 Å². The largest absolute Gasteiger partial charge is 0.312 e. The summed E-state index contributed by atoms with van der Waals surface area (Å²) in [6.07, 6.45) is 1.19. The Labute approximate surface area is 148 Å². The molecular formula is C19H20Cl2N2. The van der Waals surface area contributed by atoms with Crippen LogP contribution in [-0.2, 0) is 13.1 Å². The number of aromatic nitrogens is 1. The first-order chi connectivity index (χ1) is 10.8. The Balaban J connectivity index is 0.00000156. The van der Waals surface area contributed by atoms with E-state index in [9.17, 15) is 0 Å². The van der Waals surface area contributed by atoms with Crippen LogP contribution in [-0.4, -0.2) is 16.0 Å². The van der Waals surface area contributed by atoms with Crippen molar-refractivity contribution in [1.82, 2.24) is 9.47 Å². The molecule has 0 N–H and O–H groups in total. The molecule has 0 radical (unpaired) electrons. The molecule has 1 aliphatic heterocycles. The van der Waals surface area contributed by atoms with Crippen molar-refractivity contribution in [2.45, 2.75) is 26.4 Å². The second kappa shape index (κ2) is 6.56. The lowest BCUT2D eigenvalue weighted by Gasteiger charge is -2.16. The van der Waals surface area contributed by atoms with Crippen molar-refractivity contribution >= 4 is 34.9 Å². The molecule has 0 atom stereocenters. The molecule has 2 heterocycles. The summed E-state index contributed by atoms with van der Waals surface area (Å²) >= 11 is 6.25. The Kier molecular flexibility index (Phi) is 4.67. The molecule has 1 aromatic heterocycles. The van der Waals surface area contributed by atoms with Crippen LogP contribution in [0.15, 0.2) is 48.5 Å². The SMILES string of the molecule is CCCN1Cc2c(n(-c3ccccc3)c3ccc(Cl)cc23)C1.Cl. The van der Waals surface area contributed by atoms with Crippen LogP contribution in [0.1, 0.15) is 24.6 Å². The zero-order valence-electron chi connectivity index (χ0n) is 13.1. The quantitative estimate of drug-likeness (QED) is 0.613. The van der Waals surface area contributed by atoms with Gasteiger partial charge in [-0.25, -0.2) is 0 Å². The zero-order chi connectivity index (χ0) is 15.1. The van der Waals surface area contributed by atoms with Gasteiger partial charge in [-0.05, 0) is 48.9 Å². The first kappa shape index (κ1) is 16.4. The second-order valence-electron chi connectivity index (χ2n) is 5.97. The number of hydrogen-bond acceptors (Lipinski definition) is 1. The summed E-state index contributed by atoms with van der Waals surface area (Å²) in [5.74, 6) is 0. The van der Waals surface area contributed by atoms with Gasteiger partial charge in [-0.15, -0.1) is 12.4 Å². The average molecular weight is 347 g/mol. The summed E-state index contributed by atoms with van der Waals surface area (Å²) in [5.41, 5.74) is 5.35. The van der Waals surface area contributed by atoms with Crippen LogP contribution < -0.4 is 0 Å². The Hall–Kier alpha value is -1.48. The Morgan fingerprint density at radius 3 is 2.57 bits per heavy atom. The number of fused-ring (bicyclic) bond motifs is 3. The fourth-order valence-corrected chi connectivity index (χ4v) is 3.73. The molecule has 0 bridgehead atoms. The predicted octanol–water partition coefficient (Wildman–Crippen LogP) is 5.43. The minimum atomic E-state index is 0. The number of benzene rings is 2. The van der Waals surface area contributed by atoms with E-state index in [0.717, 1.165) is 24.7 Å². The highest BCUT2D eigenvalue weighted by atomic mass is 35.5. The van der Waals surface area contributed by atoms with Gasteiger partial charge in [0.25, 0.3) is 0 Å². The molecular weight excluding hydrogens is 327 g/mol. The van der Waals surface area contributed by atoms with Crippen molar-refractivity contribution in [2.24, 2.45) is 0 Å². The maximum Gasteiger partial charge on any atom is 0.0536 e. The number of para-hydroxylation sites is 1. The third kappa shape index (κ3) is 2.76. The number of rotatable bonds is 3. The maximum atomic E-state index is 6.25. The molecule has 0 spiro atoms. The number of hydrogen-bond donors (Lipinski definition) is 0. The van der Waals surface area contributed by atoms with Gasteiger partial charge in [0.15, 0.2) is 0 Å². The van der Waals surface area contributed by atoms with Crippen molar-refractivity contribution in [1.29, 1.82) is 0 Å². The molecule has 0 amide bonds. The summed E-state index contributed by atoms with van der Waals surface area (Å²) in [5, 5.41) is 2.11. The minimum absolute atomic E-state index is 0. The van der Waals surface area contributed by atoms with E-state index in [4.69, 9.17) is 11.6 Å². The van der Waals surface area contributed by atoms with Gasteiger partial charge in [0.05, 0.1) is 5.52 Å². The van der Waals surface area contributed by atoms with Crippen molar-refractivity contribution in [3.8, 4) is 5.69 Å². The molecule has 2 nitrogen and oxygen atoms in total. The van der Waals surface area contributed by atoms with Crippen LogP contribution in [0.25, 0.3) is 16.6 Å². The number of nitrogens with zero attached hydrogens (tertiary/aromatic N) is 2. The first-order valence-electron chi connectivity index (χ1n) is 7.87. The normalized spacial score (nSPS) is 14.0. The van der Waals surface area contributed by atoms with E-state index in [1.807, 2.05) is 6.07 Å². The van der Waals surface area contributed by atoms with E-state index in [1.54, 1.807) is 0 Å². The Morgan fingerprint density at radius 2 is 1.83 bits per heavy atom. The molecule has 0 fully saturated rings. The molecule has 0 unspecified atom stereocenters. The summed E-state index contributed by atoms with van der Waals surface area (Å²) in [6, 6.07) is 16.9. The van der Waals surface area contributed by atoms with Crippen molar-refractivity contribution in [3.63, 3.8) is 0 Å². The van der Waals surface area contributed by atoms with Gasteiger partial charge in [0.1, 0.15) is 0 Å². The molecule has 0 saturated carbocycles. The molecule has 120 valence electrons. The summed E-state index contributed by atoms with van der Waals surface area (Å²) < 4.78 is 2.40. The lowest BCUT2D eigenvalue weighted by molar-refractivity contribution is 0.282. The van der Waals surface area contributed by atoms with E-state index in [2.05, 4.69) is 58.9 Å².